The van der Waals surface area contributed by atoms with Crippen molar-refractivity contribution in [2.45, 2.75) is 12.6 Å². The number of rotatable bonds is 5. The predicted octanol–water partition coefficient (Wildman–Crippen LogP) is 4.15. The molecule has 3 aromatic heterocycles. The molecule has 0 saturated carbocycles. The van der Waals surface area contributed by atoms with E-state index in [0.29, 0.717) is 0 Å². The van der Waals surface area contributed by atoms with Gasteiger partial charge in [0, 0.05) is 27.9 Å². The van der Waals surface area contributed by atoms with Gasteiger partial charge in [-0.25, -0.2) is 4.98 Å². The normalized spacial score (nSPS) is 11.2. The molecular formula is C13H12N2S3. The fourth-order valence-corrected chi connectivity index (χ4v) is 4.06. The summed E-state index contributed by atoms with van der Waals surface area (Å²) in [6.45, 7) is 0.818. The molecule has 3 rings (SSSR count). The van der Waals surface area contributed by atoms with E-state index in [1.54, 1.807) is 34.0 Å². The summed E-state index contributed by atoms with van der Waals surface area (Å²) in [7, 11) is 0. The van der Waals surface area contributed by atoms with Gasteiger partial charge < -0.3 is 0 Å². The first-order valence-electron chi connectivity index (χ1n) is 5.62. The summed E-state index contributed by atoms with van der Waals surface area (Å²) < 4.78 is 0. The average molecular weight is 292 g/mol. The second kappa shape index (κ2) is 5.75. The molecule has 5 heteroatoms. The first-order chi connectivity index (χ1) is 8.93. The fourth-order valence-electron chi connectivity index (χ4n) is 1.78. The monoisotopic (exact) mass is 292 g/mol. The molecule has 3 aromatic rings. The third-order valence-corrected chi connectivity index (χ3v) is 5.25. The smallest absolute Gasteiger partial charge is 0.106 e. The minimum absolute atomic E-state index is 0.286. The van der Waals surface area contributed by atoms with Crippen LogP contribution in [0.2, 0.25) is 0 Å². The summed E-state index contributed by atoms with van der Waals surface area (Å²) in [6.07, 6.45) is 1.85. The van der Waals surface area contributed by atoms with Crippen LogP contribution in [0.1, 0.15) is 20.8 Å². The number of thiazole rings is 1. The maximum absolute atomic E-state index is 4.31. The molecule has 92 valence electrons. The highest BCUT2D eigenvalue weighted by molar-refractivity contribution is 7.11. The van der Waals surface area contributed by atoms with Crippen molar-refractivity contribution in [2.75, 3.05) is 0 Å². The van der Waals surface area contributed by atoms with Gasteiger partial charge in [-0.1, -0.05) is 12.1 Å². The van der Waals surface area contributed by atoms with Crippen molar-refractivity contribution in [3.05, 3.63) is 61.4 Å². The SMILES string of the molecule is c1csc(C(NCc2nccs2)c2cccs2)c1. The average Bonchev–Trinajstić information content (AvgIpc) is 3.14. The molecule has 0 aliphatic carbocycles. The van der Waals surface area contributed by atoms with E-state index >= 15 is 0 Å². The highest BCUT2D eigenvalue weighted by atomic mass is 32.1. The van der Waals surface area contributed by atoms with Crippen LogP contribution in [0.3, 0.4) is 0 Å². The lowest BCUT2D eigenvalue weighted by atomic mass is 10.2. The molecule has 3 heterocycles. The van der Waals surface area contributed by atoms with E-state index in [4.69, 9.17) is 0 Å². The molecule has 0 aromatic carbocycles. The molecule has 0 radical (unpaired) electrons. The molecule has 0 aliphatic heterocycles. The Morgan fingerprint density at radius 1 is 1.00 bits per heavy atom. The van der Waals surface area contributed by atoms with Crippen LogP contribution < -0.4 is 5.32 Å². The lowest BCUT2D eigenvalue weighted by Crippen LogP contribution is -2.20. The van der Waals surface area contributed by atoms with Gasteiger partial charge >= 0.3 is 0 Å². The molecule has 0 saturated heterocycles. The van der Waals surface area contributed by atoms with Gasteiger partial charge in [0.15, 0.2) is 0 Å². The summed E-state index contributed by atoms with van der Waals surface area (Å²) in [5.74, 6) is 0. The van der Waals surface area contributed by atoms with Crippen LogP contribution in [0.4, 0.5) is 0 Å². The van der Waals surface area contributed by atoms with Crippen molar-refractivity contribution in [3.63, 3.8) is 0 Å². The van der Waals surface area contributed by atoms with E-state index in [-0.39, 0.29) is 6.04 Å². The third kappa shape index (κ3) is 2.70. The Morgan fingerprint density at radius 3 is 2.22 bits per heavy atom. The molecule has 0 amide bonds. The summed E-state index contributed by atoms with van der Waals surface area (Å²) in [4.78, 5) is 7.02. The molecule has 2 nitrogen and oxygen atoms in total. The first-order valence-corrected chi connectivity index (χ1v) is 8.26. The van der Waals surface area contributed by atoms with Crippen LogP contribution in [-0.2, 0) is 6.54 Å². The van der Waals surface area contributed by atoms with E-state index in [2.05, 4.69) is 45.3 Å². The highest BCUT2D eigenvalue weighted by Crippen LogP contribution is 2.29. The zero-order valence-electron chi connectivity index (χ0n) is 9.58. The summed E-state index contributed by atoms with van der Waals surface area (Å²) in [5.41, 5.74) is 0. The third-order valence-electron chi connectivity index (χ3n) is 2.60. The maximum atomic E-state index is 4.31. The van der Waals surface area contributed by atoms with Crippen molar-refractivity contribution in [1.29, 1.82) is 0 Å². The number of nitrogens with one attached hydrogen (secondary N) is 1. The predicted molar refractivity (Wildman–Crippen MR) is 79.4 cm³/mol. The number of hydrogen-bond acceptors (Lipinski definition) is 5. The van der Waals surface area contributed by atoms with Crippen molar-refractivity contribution in [1.82, 2.24) is 10.3 Å². The molecule has 18 heavy (non-hydrogen) atoms. The van der Waals surface area contributed by atoms with Crippen LogP contribution in [-0.4, -0.2) is 4.98 Å². The molecule has 0 unspecified atom stereocenters. The van der Waals surface area contributed by atoms with Gasteiger partial charge in [-0.15, -0.1) is 34.0 Å². The summed E-state index contributed by atoms with van der Waals surface area (Å²) in [5, 5.41) is 11.0. The van der Waals surface area contributed by atoms with Crippen LogP contribution in [0, 0.1) is 0 Å². The number of hydrogen-bond donors (Lipinski definition) is 1. The Bertz CT molecular complexity index is 521. The standard InChI is InChI=1S/C13H12N2S3/c1-3-10(16-6-1)13(11-4-2-7-17-11)15-9-12-14-5-8-18-12/h1-8,13,15H,9H2. The van der Waals surface area contributed by atoms with E-state index in [9.17, 15) is 0 Å². The van der Waals surface area contributed by atoms with Gasteiger partial charge in [-0.2, -0.15) is 0 Å². The fraction of sp³-hybridized carbons (Fsp3) is 0.154. The lowest BCUT2D eigenvalue weighted by molar-refractivity contribution is 0.619. The van der Waals surface area contributed by atoms with Gasteiger partial charge in [-0.05, 0) is 22.9 Å². The molecule has 0 aliphatic rings. The minimum Gasteiger partial charge on any atom is -0.298 e. The minimum atomic E-state index is 0.286. The van der Waals surface area contributed by atoms with E-state index in [1.165, 1.54) is 9.75 Å². The van der Waals surface area contributed by atoms with Gasteiger partial charge in [0.1, 0.15) is 5.01 Å². The largest absolute Gasteiger partial charge is 0.298 e. The van der Waals surface area contributed by atoms with Gasteiger partial charge in [-0.3, -0.25) is 5.32 Å². The lowest BCUT2D eigenvalue weighted by Gasteiger charge is -2.15. The van der Waals surface area contributed by atoms with Crippen LogP contribution >= 0.6 is 34.0 Å². The summed E-state index contributed by atoms with van der Waals surface area (Å²) >= 11 is 5.28. The quantitative estimate of drug-likeness (QED) is 0.764. The van der Waals surface area contributed by atoms with Crippen molar-refractivity contribution < 1.29 is 0 Å². The number of nitrogens with zero attached hydrogens (tertiary/aromatic N) is 1. The second-order valence-electron chi connectivity index (χ2n) is 3.77. The van der Waals surface area contributed by atoms with Crippen LogP contribution in [0.5, 0.6) is 0 Å². The Balaban J connectivity index is 1.78. The van der Waals surface area contributed by atoms with Crippen molar-refractivity contribution >= 4 is 34.0 Å². The van der Waals surface area contributed by atoms with Crippen molar-refractivity contribution in [3.8, 4) is 0 Å². The van der Waals surface area contributed by atoms with Gasteiger partial charge in [0.2, 0.25) is 0 Å². The van der Waals surface area contributed by atoms with E-state index in [1.807, 2.05) is 11.6 Å². The molecule has 0 bridgehead atoms. The zero-order valence-corrected chi connectivity index (χ0v) is 12.0. The Hall–Kier alpha value is -1.01. The highest BCUT2D eigenvalue weighted by Gasteiger charge is 2.15. The van der Waals surface area contributed by atoms with E-state index in [0.717, 1.165) is 11.6 Å². The number of thiophene rings is 2. The van der Waals surface area contributed by atoms with Gasteiger partial charge in [0.25, 0.3) is 0 Å². The summed E-state index contributed by atoms with van der Waals surface area (Å²) in [6, 6.07) is 8.86. The van der Waals surface area contributed by atoms with Crippen molar-refractivity contribution in [2.24, 2.45) is 0 Å². The van der Waals surface area contributed by atoms with E-state index < -0.39 is 0 Å². The molecular weight excluding hydrogens is 280 g/mol. The molecule has 0 fully saturated rings. The second-order valence-corrected chi connectivity index (χ2v) is 6.71. The zero-order chi connectivity index (χ0) is 12.2. The van der Waals surface area contributed by atoms with Crippen LogP contribution in [0.25, 0.3) is 0 Å². The maximum Gasteiger partial charge on any atom is 0.106 e. The van der Waals surface area contributed by atoms with Crippen LogP contribution in [0.15, 0.2) is 46.6 Å². The molecule has 1 N–H and O–H groups in total. The Morgan fingerprint density at radius 2 is 1.72 bits per heavy atom. The first kappa shape index (κ1) is 12.0. The number of aromatic nitrogens is 1. The Labute approximate surface area is 118 Å². The topological polar surface area (TPSA) is 24.9 Å². The molecule has 0 atom stereocenters. The van der Waals surface area contributed by atoms with Gasteiger partial charge in [0.05, 0.1) is 6.04 Å². The Kier molecular flexibility index (Phi) is 3.85. The molecule has 0 spiro atoms.